The van der Waals surface area contributed by atoms with Gasteiger partial charge in [0, 0.05) is 30.6 Å². The quantitative estimate of drug-likeness (QED) is 0.733. The van der Waals surface area contributed by atoms with E-state index >= 15 is 0 Å². The van der Waals surface area contributed by atoms with Crippen molar-refractivity contribution in [1.29, 1.82) is 0 Å². The maximum Gasteiger partial charge on any atom is 0.304 e. The van der Waals surface area contributed by atoms with Crippen molar-refractivity contribution in [2.45, 2.75) is 25.8 Å². The third-order valence-corrected chi connectivity index (χ3v) is 4.24. The largest absolute Gasteiger partial charge is 0.481 e. The molecular weight excluding hydrogens is 365 g/mol. The van der Waals surface area contributed by atoms with Crippen molar-refractivity contribution in [3.63, 3.8) is 0 Å². The molecule has 0 unspecified atom stereocenters. The molecule has 3 N–H and O–H groups in total. The number of H-pyrrole nitrogens is 1. The van der Waals surface area contributed by atoms with Gasteiger partial charge in [-0.05, 0) is 31.5 Å². The fraction of sp³-hybridized carbons (Fsp3) is 0.412. The van der Waals surface area contributed by atoms with Crippen LogP contribution in [0.15, 0.2) is 23.0 Å². The van der Waals surface area contributed by atoms with Crippen molar-refractivity contribution >= 4 is 47.4 Å². The highest BCUT2D eigenvalue weighted by molar-refractivity contribution is 5.93. The zero-order valence-corrected chi connectivity index (χ0v) is 15.6. The Morgan fingerprint density at radius 1 is 1.32 bits per heavy atom. The van der Waals surface area contributed by atoms with Gasteiger partial charge >= 0.3 is 5.97 Å². The van der Waals surface area contributed by atoms with Crippen LogP contribution in [-0.2, 0) is 17.8 Å². The van der Waals surface area contributed by atoms with Crippen LogP contribution in [-0.4, -0.2) is 41.1 Å². The van der Waals surface area contributed by atoms with Gasteiger partial charge in [0.15, 0.2) is 0 Å². The van der Waals surface area contributed by atoms with Gasteiger partial charge in [-0.15, -0.1) is 24.8 Å². The van der Waals surface area contributed by atoms with Crippen molar-refractivity contribution < 1.29 is 9.90 Å². The summed E-state index contributed by atoms with van der Waals surface area (Å²) in [6, 6.07) is 6.04. The van der Waals surface area contributed by atoms with E-state index < -0.39 is 5.97 Å². The summed E-state index contributed by atoms with van der Waals surface area (Å²) in [7, 11) is 1.89. The van der Waals surface area contributed by atoms with Gasteiger partial charge in [0.2, 0.25) is 0 Å². The molecule has 0 bridgehead atoms. The summed E-state index contributed by atoms with van der Waals surface area (Å²) in [5.41, 5.74) is 3.66. The SMILES string of the molecule is CN(CCC(=O)O)Cc1ccc2c3c(c(=O)[nH]c2c1)CCCN3.Cl.Cl. The van der Waals surface area contributed by atoms with Crippen LogP contribution in [0, 0.1) is 0 Å². The average molecular weight is 388 g/mol. The molecule has 25 heavy (non-hydrogen) atoms. The molecule has 1 aliphatic rings. The van der Waals surface area contributed by atoms with E-state index in [0.29, 0.717) is 13.1 Å². The molecule has 1 aromatic heterocycles. The first-order valence-corrected chi connectivity index (χ1v) is 7.86. The van der Waals surface area contributed by atoms with Gasteiger partial charge in [-0.3, -0.25) is 9.59 Å². The molecule has 0 fully saturated rings. The van der Waals surface area contributed by atoms with Crippen LogP contribution in [0.2, 0.25) is 0 Å². The Morgan fingerprint density at radius 3 is 2.80 bits per heavy atom. The Morgan fingerprint density at radius 2 is 2.08 bits per heavy atom. The molecule has 1 aromatic carbocycles. The van der Waals surface area contributed by atoms with Gasteiger partial charge in [0.25, 0.3) is 5.56 Å². The summed E-state index contributed by atoms with van der Waals surface area (Å²) in [6.45, 7) is 2.04. The number of nitrogens with one attached hydrogen (secondary N) is 2. The maximum atomic E-state index is 12.2. The van der Waals surface area contributed by atoms with Gasteiger partial charge in [-0.1, -0.05) is 12.1 Å². The van der Waals surface area contributed by atoms with E-state index in [0.717, 1.165) is 47.1 Å². The molecule has 3 rings (SSSR count). The van der Waals surface area contributed by atoms with Gasteiger partial charge in [-0.25, -0.2) is 0 Å². The molecule has 0 saturated heterocycles. The van der Waals surface area contributed by atoms with Crippen LogP contribution in [0.3, 0.4) is 0 Å². The van der Waals surface area contributed by atoms with E-state index in [1.54, 1.807) is 0 Å². The predicted octanol–water partition coefficient (Wildman–Crippen LogP) is 2.64. The van der Waals surface area contributed by atoms with Crippen LogP contribution >= 0.6 is 24.8 Å². The van der Waals surface area contributed by atoms with Crippen LogP contribution in [0.1, 0.15) is 24.0 Å². The first kappa shape index (κ1) is 21.3. The van der Waals surface area contributed by atoms with Crippen molar-refractivity contribution in [3.05, 3.63) is 39.7 Å². The minimum atomic E-state index is -0.794. The van der Waals surface area contributed by atoms with Gasteiger partial charge in [-0.2, -0.15) is 0 Å². The molecule has 6 nitrogen and oxygen atoms in total. The first-order chi connectivity index (χ1) is 11.0. The number of nitrogens with zero attached hydrogens (tertiary/aromatic N) is 1. The Labute approximate surface area is 158 Å². The molecule has 0 aliphatic carbocycles. The van der Waals surface area contributed by atoms with Crippen molar-refractivity contribution in [3.8, 4) is 0 Å². The number of pyridine rings is 1. The highest BCUT2D eigenvalue weighted by atomic mass is 35.5. The monoisotopic (exact) mass is 387 g/mol. The summed E-state index contributed by atoms with van der Waals surface area (Å²) >= 11 is 0. The van der Waals surface area contributed by atoms with Crippen LogP contribution in [0.25, 0.3) is 10.9 Å². The van der Waals surface area contributed by atoms with Crippen LogP contribution in [0.5, 0.6) is 0 Å². The molecule has 0 amide bonds. The van der Waals surface area contributed by atoms with E-state index in [2.05, 4.69) is 10.3 Å². The maximum absolute atomic E-state index is 12.2. The predicted molar refractivity (Wildman–Crippen MR) is 104 cm³/mol. The highest BCUT2D eigenvalue weighted by Crippen LogP contribution is 2.28. The number of carbonyl (C=O) groups is 1. The second kappa shape index (κ2) is 9.08. The molecule has 2 heterocycles. The van der Waals surface area contributed by atoms with E-state index in [1.807, 2.05) is 30.1 Å². The number of carboxylic acid groups (broad SMARTS) is 1. The summed E-state index contributed by atoms with van der Waals surface area (Å²) in [5.74, 6) is -0.794. The van der Waals surface area contributed by atoms with Gasteiger partial charge in [0.1, 0.15) is 0 Å². The molecule has 138 valence electrons. The number of carboxylic acids is 1. The Hall–Kier alpha value is -1.76. The van der Waals surface area contributed by atoms with Crippen LogP contribution in [0.4, 0.5) is 5.69 Å². The molecule has 1 aliphatic heterocycles. The number of hydrogen-bond donors (Lipinski definition) is 3. The summed E-state index contributed by atoms with van der Waals surface area (Å²) in [6.07, 6.45) is 1.92. The molecule has 0 radical (unpaired) electrons. The lowest BCUT2D eigenvalue weighted by Gasteiger charge is -2.20. The number of aromatic nitrogens is 1. The lowest BCUT2D eigenvalue weighted by atomic mass is 10.0. The lowest BCUT2D eigenvalue weighted by Crippen LogP contribution is -2.23. The number of rotatable bonds is 5. The number of hydrogen-bond acceptors (Lipinski definition) is 4. The number of anilines is 1. The lowest BCUT2D eigenvalue weighted by molar-refractivity contribution is -0.137. The van der Waals surface area contributed by atoms with Gasteiger partial charge in [0.05, 0.1) is 17.6 Å². The molecule has 0 atom stereocenters. The Balaban J connectivity index is 0.00000156. The Kier molecular flexibility index (Phi) is 7.73. The fourth-order valence-corrected chi connectivity index (χ4v) is 3.08. The van der Waals surface area contributed by atoms with Gasteiger partial charge < -0.3 is 20.3 Å². The Bertz CT molecular complexity index is 808. The van der Waals surface area contributed by atoms with E-state index in [-0.39, 0.29) is 36.8 Å². The molecular formula is C17H23Cl2N3O3. The van der Waals surface area contributed by atoms with E-state index in [9.17, 15) is 9.59 Å². The standard InChI is InChI=1S/C17H21N3O3.2ClH/c1-20(8-6-15(21)22)10-11-4-5-12-14(9-11)19-17(23)13-3-2-7-18-16(12)13;;/h4-5,9,18H,2-3,6-8,10H2,1H3,(H,19,23)(H,21,22);2*1H. The molecule has 0 spiro atoms. The second-order valence-electron chi connectivity index (χ2n) is 6.10. The first-order valence-electron chi connectivity index (χ1n) is 7.86. The minimum absolute atomic E-state index is 0. The molecule has 2 aromatic rings. The summed E-state index contributed by atoms with van der Waals surface area (Å²) in [4.78, 5) is 27.8. The number of benzene rings is 1. The van der Waals surface area contributed by atoms with E-state index in [4.69, 9.17) is 5.11 Å². The minimum Gasteiger partial charge on any atom is -0.481 e. The average Bonchev–Trinajstić information content (AvgIpc) is 2.53. The number of aromatic amines is 1. The summed E-state index contributed by atoms with van der Waals surface area (Å²) in [5, 5.41) is 13.1. The third kappa shape index (κ3) is 4.87. The number of aliphatic carboxylic acids is 1. The zero-order chi connectivity index (χ0) is 16.4. The highest BCUT2D eigenvalue weighted by Gasteiger charge is 2.16. The molecule has 0 saturated carbocycles. The number of halogens is 2. The number of fused-ring (bicyclic) bond motifs is 3. The van der Waals surface area contributed by atoms with Crippen molar-refractivity contribution in [2.75, 3.05) is 25.5 Å². The topological polar surface area (TPSA) is 85.4 Å². The normalized spacial score (nSPS) is 12.7. The summed E-state index contributed by atoms with van der Waals surface area (Å²) < 4.78 is 0. The zero-order valence-electron chi connectivity index (χ0n) is 14.0. The van der Waals surface area contributed by atoms with E-state index in [1.165, 1.54) is 0 Å². The third-order valence-electron chi connectivity index (χ3n) is 4.24. The molecule has 8 heteroatoms. The van der Waals surface area contributed by atoms with Crippen molar-refractivity contribution in [2.24, 2.45) is 0 Å². The van der Waals surface area contributed by atoms with Crippen molar-refractivity contribution in [1.82, 2.24) is 9.88 Å². The second-order valence-corrected chi connectivity index (χ2v) is 6.10. The van der Waals surface area contributed by atoms with Crippen LogP contribution < -0.4 is 10.9 Å². The fourth-order valence-electron chi connectivity index (χ4n) is 3.08. The smallest absolute Gasteiger partial charge is 0.304 e.